The minimum atomic E-state index is -0.559. The van der Waals surface area contributed by atoms with Crippen molar-refractivity contribution < 1.29 is 14.4 Å². The highest BCUT2D eigenvalue weighted by atomic mass is 35.5. The van der Waals surface area contributed by atoms with Gasteiger partial charge in [0.05, 0.1) is 5.75 Å². The van der Waals surface area contributed by atoms with Crippen molar-refractivity contribution in [1.82, 2.24) is 15.1 Å². The summed E-state index contributed by atoms with van der Waals surface area (Å²) in [5.74, 6) is -0.192. The molecule has 1 aromatic carbocycles. The van der Waals surface area contributed by atoms with Crippen molar-refractivity contribution in [2.45, 2.75) is 32.0 Å². The molecule has 0 aromatic heterocycles. The Morgan fingerprint density at radius 1 is 1.30 bits per heavy atom. The molecule has 2 aliphatic heterocycles. The minimum absolute atomic E-state index is 0.0430. The van der Waals surface area contributed by atoms with Crippen LogP contribution in [0.4, 0.5) is 4.79 Å². The van der Waals surface area contributed by atoms with E-state index in [2.05, 4.69) is 17.2 Å². The Balaban J connectivity index is 1.75. The Morgan fingerprint density at radius 2 is 2.00 bits per heavy atom. The van der Waals surface area contributed by atoms with E-state index in [9.17, 15) is 14.4 Å². The van der Waals surface area contributed by atoms with Gasteiger partial charge >= 0.3 is 6.03 Å². The Morgan fingerprint density at radius 3 is 2.67 bits per heavy atom. The number of aliphatic imine (C=N–C) groups is 1. The van der Waals surface area contributed by atoms with Gasteiger partial charge in [0.1, 0.15) is 0 Å². The number of Topliss-reactive ketones (excluding diaryl/α,β-unsaturated/α-hetero) is 1. The Kier molecular flexibility index (Phi) is 6.06. The molecule has 2 atom stereocenters. The third kappa shape index (κ3) is 4.11. The van der Waals surface area contributed by atoms with Crippen LogP contribution in [0.25, 0.3) is 0 Å². The zero-order valence-electron chi connectivity index (χ0n) is 15.1. The van der Waals surface area contributed by atoms with Crippen LogP contribution in [0.15, 0.2) is 29.3 Å². The second-order valence-electron chi connectivity index (χ2n) is 6.44. The van der Waals surface area contributed by atoms with Crippen LogP contribution in [-0.4, -0.2) is 64.2 Å². The van der Waals surface area contributed by atoms with Gasteiger partial charge in [-0.15, -0.1) is 0 Å². The number of amides is 3. The number of rotatable bonds is 6. The number of nitrogens with zero attached hydrogens (tertiary/aromatic N) is 3. The molecule has 2 heterocycles. The van der Waals surface area contributed by atoms with E-state index in [1.54, 1.807) is 31.3 Å². The van der Waals surface area contributed by atoms with Gasteiger partial charge in [0.15, 0.2) is 23.2 Å². The number of unbranched alkanes of at least 4 members (excludes halogenated alkanes) is 1. The molecule has 1 fully saturated rings. The topological polar surface area (TPSA) is 82.1 Å². The average molecular weight is 409 g/mol. The molecule has 2 unspecified atom stereocenters. The van der Waals surface area contributed by atoms with Gasteiger partial charge in [-0.2, -0.15) is 0 Å². The Hall–Kier alpha value is -2.06. The summed E-state index contributed by atoms with van der Waals surface area (Å²) in [7, 11) is 1.62. The standard InChI is InChI=1S/C18H21ClN4O3S/c1-3-4-9-23-14-15(22(2)17(26)21-16(14)25)20-18(23)27-10-13(24)11-5-7-12(19)8-6-11/h5-8,14-15H,3-4,9-10H2,1-2H3,(H,21,25,26). The predicted molar refractivity (Wildman–Crippen MR) is 106 cm³/mol. The third-order valence-corrected chi connectivity index (χ3v) is 5.83. The van der Waals surface area contributed by atoms with E-state index in [0.29, 0.717) is 22.3 Å². The number of amidine groups is 1. The highest BCUT2D eigenvalue weighted by molar-refractivity contribution is 8.14. The van der Waals surface area contributed by atoms with Gasteiger partial charge in [-0.1, -0.05) is 36.7 Å². The molecule has 0 aliphatic carbocycles. The second kappa shape index (κ2) is 8.31. The van der Waals surface area contributed by atoms with Crippen molar-refractivity contribution in [2.24, 2.45) is 4.99 Å². The monoisotopic (exact) mass is 408 g/mol. The number of nitrogens with one attached hydrogen (secondary N) is 1. The normalized spacial score (nSPS) is 21.8. The average Bonchev–Trinajstić information content (AvgIpc) is 3.02. The first kappa shape index (κ1) is 19.7. The number of ketones is 1. The van der Waals surface area contributed by atoms with Crippen LogP contribution in [-0.2, 0) is 4.79 Å². The number of urea groups is 1. The summed E-state index contributed by atoms with van der Waals surface area (Å²) in [6.07, 6.45) is 1.29. The first-order valence-corrected chi connectivity index (χ1v) is 10.1. The van der Waals surface area contributed by atoms with Gasteiger partial charge in [-0.05, 0) is 30.7 Å². The number of carbonyl (C=O) groups excluding carboxylic acids is 3. The first-order chi connectivity index (χ1) is 12.9. The number of hydrogen-bond donors (Lipinski definition) is 1. The molecule has 1 N–H and O–H groups in total. The van der Waals surface area contributed by atoms with Crippen molar-refractivity contribution in [3.05, 3.63) is 34.9 Å². The van der Waals surface area contributed by atoms with Crippen LogP contribution in [0.3, 0.4) is 0 Å². The molecule has 7 nitrogen and oxygen atoms in total. The fourth-order valence-electron chi connectivity index (χ4n) is 3.03. The molecular weight excluding hydrogens is 388 g/mol. The molecule has 27 heavy (non-hydrogen) atoms. The summed E-state index contributed by atoms with van der Waals surface area (Å²) >= 11 is 7.16. The maximum atomic E-state index is 12.4. The van der Waals surface area contributed by atoms with Crippen molar-refractivity contribution in [1.29, 1.82) is 0 Å². The smallest absolute Gasteiger partial charge is 0.325 e. The van der Waals surface area contributed by atoms with Gasteiger partial charge < -0.3 is 9.80 Å². The van der Waals surface area contributed by atoms with Crippen molar-refractivity contribution in [2.75, 3.05) is 19.3 Å². The molecule has 1 aromatic rings. The number of benzene rings is 1. The fourth-order valence-corrected chi connectivity index (χ4v) is 4.14. The Bertz CT molecular complexity index is 783. The second-order valence-corrected chi connectivity index (χ2v) is 7.82. The number of hydrogen-bond acceptors (Lipinski definition) is 6. The van der Waals surface area contributed by atoms with E-state index in [-0.39, 0.29) is 17.4 Å². The van der Waals surface area contributed by atoms with Gasteiger partial charge in [-0.25, -0.2) is 9.79 Å². The number of likely N-dealkylation sites (N-methyl/N-ethyl adjacent to an activating group) is 1. The molecule has 2 aliphatic rings. The van der Waals surface area contributed by atoms with Crippen molar-refractivity contribution in [3.8, 4) is 0 Å². The zero-order valence-corrected chi connectivity index (χ0v) is 16.7. The lowest BCUT2D eigenvalue weighted by molar-refractivity contribution is -0.127. The molecular formula is C18H21ClN4O3S. The maximum absolute atomic E-state index is 12.4. The number of carbonyl (C=O) groups is 3. The summed E-state index contributed by atoms with van der Waals surface area (Å²) < 4.78 is 0. The summed E-state index contributed by atoms with van der Waals surface area (Å²) in [5, 5.41) is 3.57. The lowest BCUT2D eigenvalue weighted by Crippen LogP contribution is -2.63. The maximum Gasteiger partial charge on any atom is 0.325 e. The largest absolute Gasteiger partial charge is 0.336 e. The van der Waals surface area contributed by atoms with Gasteiger partial charge in [0.2, 0.25) is 0 Å². The molecule has 0 bridgehead atoms. The van der Waals surface area contributed by atoms with Gasteiger partial charge in [0, 0.05) is 24.2 Å². The minimum Gasteiger partial charge on any atom is -0.336 e. The summed E-state index contributed by atoms with van der Waals surface area (Å²) in [4.78, 5) is 44.6. The number of imide groups is 1. The van der Waals surface area contributed by atoms with Gasteiger partial charge in [-0.3, -0.25) is 14.9 Å². The summed E-state index contributed by atoms with van der Waals surface area (Å²) in [5.41, 5.74) is 0.577. The van der Waals surface area contributed by atoms with E-state index in [0.717, 1.165) is 12.8 Å². The van der Waals surface area contributed by atoms with Crippen LogP contribution in [0.5, 0.6) is 0 Å². The third-order valence-electron chi connectivity index (χ3n) is 4.57. The molecule has 1 saturated heterocycles. The molecule has 3 rings (SSSR count). The fraction of sp³-hybridized carbons (Fsp3) is 0.444. The van der Waals surface area contributed by atoms with Gasteiger partial charge in [0.25, 0.3) is 5.91 Å². The number of thioether (sulfide) groups is 1. The number of halogens is 1. The lowest BCUT2D eigenvalue weighted by Gasteiger charge is -2.36. The highest BCUT2D eigenvalue weighted by Gasteiger charge is 2.48. The van der Waals surface area contributed by atoms with E-state index in [1.165, 1.54) is 16.7 Å². The molecule has 9 heteroatoms. The van der Waals surface area contributed by atoms with Crippen LogP contribution >= 0.6 is 23.4 Å². The summed E-state index contributed by atoms with van der Waals surface area (Å²) in [6, 6.07) is 5.74. The molecule has 0 spiro atoms. The van der Waals surface area contributed by atoms with Crippen LogP contribution in [0.2, 0.25) is 5.02 Å². The molecule has 144 valence electrons. The summed E-state index contributed by atoms with van der Waals surface area (Å²) in [6.45, 7) is 2.71. The highest BCUT2D eigenvalue weighted by Crippen LogP contribution is 2.29. The molecule has 3 amide bonds. The van der Waals surface area contributed by atoms with Crippen LogP contribution in [0, 0.1) is 0 Å². The van der Waals surface area contributed by atoms with E-state index in [4.69, 9.17) is 11.6 Å². The predicted octanol–water partition coefficient (Wildman–Crippen LogP) is 2.60. The van der Waals surface area contributed by atoms with Crippen LogP contribution in [0.1, 0.15) is 30.1 Å². The quantitative estimate of drug-likeness (QED) is 0.731. The van der Waals surface area contributed by atoms with Crippen molar-refractivity contribution >= 4 is 46.3 Å². The number of fused-ring (bicyclic) bond motifs is 1. The lowest BCUT2D eigenvalue weighted by atomic mass is 10.1. The zero-order chi connectivity index (χ0) is 19.6. The van der Waals surface area contributed by atoms with E-state index < -0.39 is 18.2 Å². The van der Waals surface area contributed by atoms with E-state index in [1.807, 2.05) is 4.90 Å². The van der Waals surface area contributed by atoms with Crippen molar-refractivity contribution in [3.63, 3.8) is 0 Å². The first-order valence-electron chi connectivity index (χ1n) is 8.76. The Labute approximate surface area is 167 Å². The van der Waals surface area contributed by atoms with E-state index >= 15 is 0 Å². The molecule has 0 radical (unpaired) electrons. The van der Waals surface area contributed by atoms with Crippen LogP contribution < -0.4 is 5.32 Å². The molecule has 0 saturated carbocycles. The SMILES string of the molecule is CCCCN1C(SCC(=O)c2ccc(Cl)cc2)=NC2C1C(=O)NC(=O)N2C.